The van der Waals surface area contributed by atoms with Gasteiger partial charge in [0.1, 0.15) is 0 Å². The normalized spacial score (nSPS) is 11.9. The van der Waals surface area contributed by atoms with E-state index in [1.807, 2.05) is 0 Å². The standard InChI is InChI=1S/C11H13F3O/c1-7-6-10(11(12,13)14)8(2)5-9(7)3-4-15/h5-6,15H,3-4H2,1-2H3. The molecular weight excluding hydrogens is 205 g/mol. The number of hydrogen-bond acceptors (Lipinski definition) is 1. The molecule has 15 heavy (non-hydrogen) atoms. The summed E-state index contributed by atoms with van der Waals surface area (Å²) >= 11 is 0. The summed E-state index contributed by atoms with van der Waals surface area (Å²) in [5.41, 5.74) is 0.947. The van der Waals surface area contributed by atoms with Crippen LogP contribution in [0.5, 0.6) is 0 Å². The van der Waals surface area contributed by atoms with Crippen LogP contribution in [0.25, 0.3) is 0 Å². The zero-order chi connectivity index (χ0) is 11.6. The Morgan fingerprint density at radius 1 is 1.13 bits per heavy atom. The van der Waals surface area contributed by atoms with Crippen molar-refractivity contribution in [2.75, 3.05) is 6.61 Å². The van der Waals surface area contributed by atoms with Crippen LogP contribution in [0.2, 0.25) is 0 Å². The van der Waals surface area contributed by atoms with Crippen molar-refractivity contribution in [3.63, 3.8) is 0 Å². The number of rotatable bonds is 2. The maximum atomic E-state index is 12.5. The van der Waals surface area contributed by atoms with Crippen molar-refractivity contribution in [1.82, 2.24) is 0 Å². The molecule has 1 aromatic rings. The lowest BCUT2D eigenvalue weighted by atomic mass is 9.98. The molecule has 0 aliphatic heterocycles. The van der Waals surface area contributed by atoms with Gasteiger partial charge in [-0.2, -0.15) is 13.2 Å². The molecule has 0 aliphatic carbocycles. The minimum absolute atomic E-state index is 0.0500. The molecule has 0 bridgehead atoms. The van der Waals surface area contributed by atoms with Crippen molar-refractivity contribution >= 4 is 0 Å². The molecule has 0 radical (unpaired) electrons. The first kappa shape index (κ1) is 12.0. The first-order chi connectivity index (χ1) is 6.86. The van der Waals surface area contributed by atoms with Gasteiger partial charge in [-0.05, 0) is 43.0 Å². The third-order valence-electron chi connectivity index (χ3n) is 2.37. The van der Waals surface area contributed by atoms with E-state index in [1.54, 1.807) is 6.92 Å². The van der Waals surface area contributed by atoms with E-state index in [1.165, 1.54) is 13.0 Å². The predicted molar refractivity (Wildman–Crippen MR) is 51.7 cm³/mol. The van der Waals surface area contributed by atoms with E-state index in [4.69, 9.17) is 5.11 Å². The fourth-order valence-corrected chi connectivity index (χ4v) is 1.57. The summed E-state index contributed by atoms with van der Waals surface area (Å²) in [6.07, 6.45) is -3.91. The number of aryl methyl sites for hydroxylation is 2. The predicted octanol–water partition coefficient (Wildman–Crippen LogP) is 2.86. The van der Waals surface area contributed by atoms with E-state index in [2.05, 4.69) is 0 Å². The zero-order valence-electron chi connectivity index (χ0n) is 8.65. The molecule has 0 fully saturated rings. The van der Waals surface area contributed by atoms with Gasteiger partial charge in [-0.25, -0.2) is 0 Å². The van der Waals surface area contributed by atoms with Crippen LogP contribution in [0, 0.1) is 13.8 Å². The Labute approximate surface area is 86.5 Å². The largest absolute Gasteiger partial charge is 0.416 e. The van der Waals surface area contributed by atoms with Crippen LogP contribution in [0.4, 0.5) is 13.2 Å². The quantitative estimate of drug-likeness (QED) is 0.809. The van der Waals surface area contributed by atoms with Gasteiger partial charge in [0.15, 0.2) is 0 Å². The lowest BCUT2D eigenvalue weighted by Gasteiger charge is -2.13. The van der Waals surface area contributed by atoms with Gasteiger partial charge in [0.25, 0.3) is 0 Å². The van der Waals surface area contributed by atoms with Crippen molar-refractivity contribution in [3.05, 3.63) is 34.4 Å². The second-order valence-electron chi connectivity index (χ2n) is 3.56. The molecule has 1 rings (SSSR count). The number of aliphatic hydroxyl groups is 1. The number of benzene rings is 1. The fraction of sp³-hybridized carbons (Fsp3) is 0.455. The Hall–Kier alpha value is -1.03. The molecule has 0 saturated carbocycles. The molecule has 4 heteroatoms. The van der Waals surface area contributed by atoms with E-state index in [0.29, 0.717) is 12.0 Å². The van der Waals surface area contributed by atoms with Crippen LogP contribution in [0.15, 0.2) is 12.1 Å². The fourth-order valence-electron chi connectivity index (χ4n) is 1.57. The Morgan fingerprint density at radius 3 is 2.20 bits per heavy atom. The monoisotopic (exact) mass is 218 g/mol. The maximum Gasteiger partial charge on any atom is 0.416 e. The SMILES string of the molecule is Cc1cc(C(F)(F)F)c(C)cc1CCO. The van der Waals surface area contributed by atoms with Crippen LogP contribution >= 0.6 is 0 Å². The summed E-state index contributed by atoms with van der Waals surface area (Å²) in [4.78, 5) is 0. The van der Waals surface area contributed by atoms with Crippen LogP contribution in [-0.2, 0) is 12.6 Å². The van der Waals surface area contributed by atoms with Gasteiger partial charge < -0.3 is 5.11 Å². The Bertz CT molecular complexity index is 356. The van der Waals surface area contributed by atoms with Gasteiger partial charge in [0.2, 0.25) is 0 Å². The van der Waals surface area contributed by atoms with Crippen LogP contribution in [-0.4, -0.2) is 11.7 Å². The summed E-state index contributed by atoms with van der Waals surface area (Å²) in [6, 6.07) is 2.63. The molecule has 0 aliphatic rings. The van der Waals surface area contributed by atoms with Crippen molar-refractivity contribution in [1.29, 1.82) is 0 Å². The van der Waals surface area contributed by atoms with E-state index in [0.717, 1.165) is 11.6 Å². The smallest absolute Gasteiger partial charge is 0.396 e. The van der Waals surface area contributed by atoms with Gasteiger partial charge in [-0.15, -0.1) is 0 Å². The molecule has 0 aromatic heterocycles. The number of alkyl halides is 3. The highest BCUT2D eigenvalue weighted by atomic mass is 19.4. The van der Waals surface area contributed by atoms with Gasteiger partial charge in [-0.3, -0.25) is 0 Å². The topological polar surface area (TPSA) is 20.2 Å². The summed E-state index contributed by atoms with van der Waals surface area (Å²) in [6.45, 7) is 3.01. The molecule has 0 saturated heterocycles. The number of halogens is 3. The van der Waals surface area contributed by atoms with Crippen molar-refractivity contribution in [2.45, 2.75) is 26.4 Å². The van der Waals surface area contributed by atoms with E-state index >= 15 is 0 Å². The minimum Gasteiger partial charge on any atom is -0.396 e. The highest BCUT2D eigenvalue weighted by Gasteiger charge is 2.32. The molecule has 84 valence electrons. The summed E-state index contributed by atoms with van der Waals surface area (Å²) in [5, 5.41) is 8.74. The first-order valence-electron chi connectivity index (χ1n) is 4.64. The minimum atomic E-state index is -4.30. The number of aliphatic hydroxyl groups excluding tert-OH is 1. The Kier molecular flexibility index (Phi) is 3.39. The molecule has 1 aromatic carbocycles. The van der Waals surface area contributed by atoms with Crippen LogP contribution in [0.1, 0.15) is 22.3 Å². The Balaban J connectivity index is 3.20. The van der Waals surface area contributed by atoms with E-state index in [-0.39, 0.29) is 12.2 Å². The first-order valence-corrected chi connectivity index (χ1v) is 4.64. The molecule has 0 atom stereocenters. The Morgan fingerprint density at radius 2 is 1.73 bits per heavy atom. The summed E-state index contributed by atoms with van der Waals surface area (Å²) in [7, 11) is 0. The molecule has 0 heterocycles. The third kappa shape index (κ3) is 2.72. The summed E-state index contributed by atoms with van der Waals surface area (Å²) < 4.78 is 37.5. The third-order valence-corrected chi connectivity index (χ3v) is 2.37. The van der Waals surface area contributed by atoms with Crippen molar-refractivity contribution < 1.29 is 18.3 Å². The molecule has 1 nitrogen and oxygen atoms in total. The van der Waals surface area contributed by atoms with Gasteiger partial charge >= 0.3 is 6.18 Å². The van der Waals surface area contributed by atoms with Crippen LogP contribution < -0.4 is 0 Å². The lowest BCUT2D eigenvalue weighted by Crippen LogP contribution is -2.09. The zero-order valence-corrected chi connectivity index (χ0v) is 8.65. The number of hydrogen-bond donors (Lipinski definition) is 1. The molecule has 0 spiro atoms. The maximum absolute atomic E-state index is 12.5. The molecule has 0 unspecified atom stereocenters. The van der Waals surface area contributed by atoms with Gasteiger partial charge in [0, 0.05) is 6.61 Å². The van der Waals surface area contributed by atoms with E-state index in [9.17, 15) is 13.2 Å². The molecular formula is C11H13F3O. The highest BCUT2D eigenvalue weighted by Crippen LogP contribution is 2.33. The average molecular weight is 218 g/mol. The average Bonchev–Trinajstić information content (AvgIpc) is 2.09. The van der Waals surface area contributed by atoms with E-state index < -0.39 is 11.7 Å². The van der Waals surface area contributed by atoms with Crippen molar-refractivity contribution in [3.8, 4) is 0 Å². The molecule has 1 N–H and O–H groups in total. The second-order valence-corrected chi connectivity index (χ2v) is 3.56. The highest BCUT2D eigenvalue weighted by molar-refractivity contribution is 5.38. The van der Waals surface area contributed by atoms with Crippen LogP contribution in [0.3, 0.4) is 0 Å². The molecule has 0 amide bonds. The lowest BCUT2D eigenvalue weighted by molar-refractivity contribution is -0.138. The van der Waals surface area contributed by atoms with Gasteiger partial charge in [-0.1, -0.05) is 6.07 Å². The summed E-state index contributed by atoms with van der Waals surface area (Å²) in [5.74, 6) is 0. The van der Waals surface area contributed by atoms with Crippen molar-refractivity contribution in [2.24, 2.45) is 0 Å². The second kappa shape index (κ2) is 4.23. The van der Waals surface area contributed by atoms with Gasteiger partial charge in [0.05, 0.1) is 5.56 Å².